The van der Waals surface area contributed by atoms with Gasteiger partial charge in [-0.3, -0.25) is 4.79 Å². The number of halogens is 2. The number of hydrogen-bond donors (Lipinski definition) is 2. The third-order valence-electron chi connectivity index (χ3n) is 5.54. The van der Waals surface area contributed by atoms with Crippen molar-refractivity contribution >= 4 is 5.91 Å². The molecule has 29 heavy (non-hydrogen) atoms. The monoisotopic (exact) mass is 405 g/mol. The Hall–Kier alpha value is -2.51. The fourth-order valence-electron chi connectivity index (χ4n) is 3.78. The maximum absolute atomic E-state index is 13.8. The van der Waals surface area contributed by atoms with Gasteiger partial charge in [0.15, 0.2) is 6.54 Å². The molecule has 3 rings (SSSR count). The van der Waals surface area contributed by atoms with E-state index < -0.39 is 0 Å². The Morgan fingerprint density at radius 1 is 1.03 bits per heavy atom. The van der Waals surface area contributed by atoms with Gasteiger partial charge in [-0.1, -0.05) is 18.2 Å². The van der Waals surface area contributed by atoms with Crippen LogP contribution in [0, 0.1) is 11.6 Å². The number of piperazine rings is 1. The van der Waals surface area contributed by atoms with E-state index in [4.69, 9.17) is 4.74 Å². The average Bonchev–Trinajstić information content (AvgIpc) is 2.71. The SMILES string of the molecule is COc1ccc(F)cc1C[NH+]1CC[NH+](CC(=O)N(C)Cc2ccccc2F)CC1. The molecular weight excluding hydrogens is 376 g/mol. The van der Waals surface area contributed by atoms with Crippen LogP contribution in [0.3, 0.4) is 0 Å². The van der Waals surface area contributed by atoms with Crippen molar-refractivity contribution in [2.45, 2.75) is 13.1 Å². The Labute approximate surface area is 170 Å². The zero-order valence-electron chi connectivity index (χ0n) is 17.0. The molecule has 0 unspecified atom stereocenters. The summed E-state index contributed by atoms with van der Waals surface area (Å²) in [5, 5.41) is 0. The molecule has 0 radical (unpaired) electrons. The van der Waals surface area contributed by atoms with Gasteiger partial charge in [-0.2, -0.15) is 0 Å². The molecule has 0 aromatic heterocycles. The molecule has 5 nitrogen and oxygen atoms in total. The van der Waals surface area contributed by atoms with Gasteiger partial charge in [0.1, 0.15) is 50.1 Å². The number of rotatable bonds is 7. The summed E-state index contributed by atoms with van der Waals surface area (Å²) < 4.78 is 32.7. The van der Waals surface area contributed by atoms with Crippen molar-refractivity contribution in [2.24, 2.45) is 0 Å². The van der Waals surface area contributed by atoms with E-state index in [1.165, 1.54) is 28.0 Å². The predicted molar refractivity (Wildman–Crippen MR) is 106 cm³/mol. The topological polar surface area (TPSA) is 38.4 Å². The van der Waals surface area contributed by atoms with Crippen molar-refractivity contribution in [1.29, 1.82) is 0 Å². The highest BCUT2D eigenvalue weighted by molar-refractivity contribution is 5.76. The zero-order valence-corrected chi connectivity index (χ0v) is 17.0. The van der Waals surface area contributed by atoms with Crippen molar-refractivity contribution in [2.75, 3.05) is 46.9 Å². The van der Waals surface area contributed by atoms with Crippen LogP contribution in [0.25, 0.3) is 0 Å². The predicted octanol–water partition coefficient (Wildman–Crippen LogP) is -0.0846. The minimum absolute atomic E-state index is 0.0125. The number of likely N-dealkylation sites (N-methyl/N-ethyl adjacent to an activating group) is 1. The number of quaternary nitrogens is 2. The summed E-state index contributed by atoms with van der Waals surface area (Å²) in [6.07, 6.45) is 0. The number of nitrogens with zero attached hydrogens (tertiary/aromatic N) is 1. The minimum atomic E-state index is -0.288. The molecule has 1 amide bonds. The van der Waals surface area contributed by atoms with Gasteiger partial charge < -0.3 is 19.4 Å². The third-order valence-corrected chi connectivity index (χ3v) is 5.54. The molecule has 1 aliphatic rings. The molecule has 0 aliphatic carbocycles. The van der Waals surface area contributed by atoms with Crippen molar-refractivity contribution < 1.29 is 28.1 Å². The molecular formula is C22H29F2N3O2+2. The normalized spacial score (nSPS) is 19.0. The molecule has 0 saturated carbocycles. The number of carbonyl (C=O) groups excluding carboxylic acids is 1. The fraction of sp³-hybridized carbons (Fsp3) is 0.409. The van der Waals surface area contributed by atoms with Crippen molar-refractivity contribution in [3.63, 3.8) is 0 Å². The molecule has 0 spiro atoms. The highest BCUT2D eigenvalue weighted by Gasteiger charge is 2.27. The van der Waals surface area contributed by atoms with Crippen LogP contribution in [-0.2, 0) is 17.9 Å². The molecule has 1 saturated heterocycles. The van der Waals surface area contributed by atoms with E-state index >= 15 is 0 Å². The van der Waals surface area contributed by atoms with E-state index in [9.17, 15) is 13.6 Å². The van der Waals surface area contributed by atoms with Gasteiger partial charge in [-0.05, 0) is 24.3 Å². The van der Waals surface area contributed by atoms with E-state index in [0.29, 0.717) is 24.4 Å². The molecule has 2 aromatic carbocycles. The van der Waals surface area contributed by atoms with E-state index in [2.05, 4.69) is 0 Å². The number of methoxy groups -OCH3 is 1. The van der Waals surface area contributed by atoms with Crippen LogP contribution in [0.2, 0.25) is 0 Å². The summed E-state index contributed by atoms with van der Waals surface area (Å²) in [6, 6.07) is 11.1. The van der Waals surface area contributed by atoms with E-state index in [1.807, 2.05) is 0 Å². The van der Waals surface area contributed by atoms with Crippen LogP contribution >= 0.6 is 0 Å². The smallest absolute Gasteiger partial charge is 0.277 e. The lowest BCUT2D eigenvalue weighted by molar-refractivity contribution is -1.02. The molecule has 1 fully saturated rings. The lowest BCUT2D eigenvalue weighted by Gasteiger charge is -2.30. The standard InChI is InChI=1S/C22H27F2N3O2/c1-25(14-17-5-3-4-6-20(17)24)22(28)16-27-11-9-26(10-12-27)15-18-13-19(23)7-8-21(18)29-2/h3-8,13H,9-12,14-16H2,1-2H3/p+2. The van der Waals surface area contributed by atoms with Crippen LogP contribution in [0.4, 0.5) is 8.78 Å². The van der Waals surface area contributed by atoms with Crippen molar-refractivity contribution in [3.8, 4) is 5.75 Å². The minimum Gasteiger partial charge on any atom is -0.496 e. The highest BCUT2D eigenvalue weighted by atomic mass is 19.1. The number of benzene rings is 2. The Morgan fingerprint density at radius 3 is 2.41 bits per heavy atom. The summed E-state index contributed by atoms with van der Waals surface area (Å²) in [5.74, 6) is 0.176. The van der Waals surface area contributed by atoms with Crippen LogP contribution in [0.15, 0.2) is 42.5 Å². The summed E-state index contributed by atoms with van der Waals surface area (Å²) in [6.45, 7) is 4.92. The van der Waals surface area contributed by atoms with Gasteiger partial charge in [-0.15, -0.1) is 0 Å². The molecule has 0 atom stereocenters. The van der Waals surface area contributed by atoms with Gasteiger partial charge in [0, 0.05) is 19.2 Å². The average molecular weight is 405 g/mol. The third kappa shape index (κ3) is 5.74. The molecule has 1 aliphatic heterocycles. The maximum atomic E-state index is 13.8. The van der Waals surface area contributed by atoms with Crippen LogP contribution in [0.1, 0.15) is 11.1 Å². The number of amides is 1. The molecule has 7 heteroatoms. The van der Waals surface area contributed by atoms with Crippen LogP contribution in [-0.4, -0.2) is 57.7 Å². The largest absolute Gasteiger partial charge is 0.496 e. The first kappa shape index (κ1) is 21.2. The first-order valence-electron chi connectivity index (χ1n) is 9.93. The molecule has 156 valence electrons. The van der Waals surface area contributed by atoms with E-state index in [-0.39, 0.29) is 24.1 Å². The molecule has 2 N–H and O–H groups in total. The Morgan fingerprint density at radius 2 is 1.72 bits per heavy atom. The molecule has 0 bridgehead atoms. The molecule has 1 heterocycles. The zero-order chi connectivity index (χ0) is 20.8. The summed E-state index contributed by atoms with van der Waals surface area (Å²) >= 11 is 0. The van der Waals surface area contributed by atoms with Gasteiger partial charge >= 0.3 is 0 Å². The Kier molecular flexibility index (Phi) is 7.17. The quantitative estimate of drug-likeness (QED) is 0.676. The first-order chi connectivity index (χ1) is 14.0. The highest BCUT2D eigenvalue weighted by Crippen LogP contribution is 2.18. The second kappa shape index (κ2) is 9.80. The van der Waals surface area contributed by atoms with E-state index in [0.717, 1.165) is 31.7 Å². The Bertz CT molecular complexity index is 839. The fourth-order valence-corrected chi connectivity index (χ4v) is 3.78. The lowest BCUT2D eigenvalue weighted by Crippen LogP contribution is -3.28. The number of ether oxygens (including phenoxy) is 1. The number of hydrogen-bond acceptors (Lipinski definition) is 2. The van der Waals surface area contributed by atoms with Gasteiger partial charge in [-0.25, -0.2) is 8.78 Å². The number of carbonyl (C=O) groups is 1. The van der Waals surface area contributed by atoms with Gasteiger partial charge in [0.25, 0.3) is 5.91 Å². The summed E-state index contributed by atoms with van der Waals surface area (Å²) in [4.78, 5) is 16.7. The lowest BCUT2D eigenvalue weighted by atomic mass is 10.1. The van der Waals surface area contributed by atoms with Crippen molar-refractivity contribution in [3.05, 3.63) is 65.2 Å². The first-order valence-corrected chi connectivity index (χ1v) is 9.93. The van der Waals surface area contributed by atoms with Gasteiger partial charge in [0.2, 0.25) is 0 Å². The van der Waals surface area contributed by atoms with Gasteiger partial charge in [0.05, 0.1) is 12.7 Å². The van der Waals surface area contributed by atoms with Crippen molar-refractivity contribution in [1.82, 2.24) is 4.90 Å². The van der Waals surface area contributed by atoms with E-state index in [1.54, 1.807) is 43.3 Å². The number of nitrogens with one attached hydrogen (secondary N) is 2. The maximum Gasteiger partial charge on any atom is 0.277 e. The molecule has 2 aromatic rings. The summed E-state index contributed by atoms with van der Waals surface area (Å²) in [5.41, 5.74) is 1.39. The van der Waals surface area contributed by atoms with Crippen LogP contribution < -0.4 is 14.5 Å². The summed E-state index contributed by atoms with van der Waals surface area (Å²) in [7, 11) is 3.31. The second-order valence-corrected chi connectivity index (χ2v) is 7.65. The second-order valence-electron chi connectivity index (χ2n) is 7.65. The Balaban J connectivity index is 1.47. The van der Waals surface area contributed by atoms with Crippen LogP contribution in [0.5, 0.6) is 5.75 Å².